The standard InChI is InChI=1S/C12H13F3O4/c1-17-10-4-3-8(5-11(10)18-2)9(16)6-19-7-12(13,14)15/h3-5H,6-7H2,1-2H3. The molecule has 0 saturated heterocycles. The first-order chi connectivity index (χ1) is 8.87. The van der Waals surface area contributed by atoms with Crippen molar-refractivity contribution in [3.8, 4) is 11.5 Å². The van der Waals surface area contributed by atoms with Crippen molar-refractivity contribution in [1.82, 2.24) is 0 Å². The van der Waals surface area contributed by atoms with Crippen molar-refractivity contribution in [1.29, 1.82) is 0 Å². The molecule has 4 nitrogen and oxygen atoms in total. The molecule has 106 valence electrons. The summed E-state index contributed by atoms with van der Waals surface area (Å²) in [5, 5.41) is 0. The van der Waals surface area contributed by atoms with Gasteiger partial charge in [-0.3, -0.25) is 4.79 Å². The van der Waals surface area contributed by atoms with E-state index in [0.29, 0.717) is 11.5 Å². The van der Waals surface area contributed by atoms with Crippen molar-refractivity contribution in [3.05, 3.63) is 23.8 Å². The molecule has 0 amide bonds. The monoisotopic (exact) mass is 278 g/mol. The number of halogens is 3. The van der Waals surface area contributed by atoms with Gasteiger partial charge in [-0.15, -0.1) is 0 Å². The molecule has 0 heterocycles. The summed E-state index contributed by atoms with van der Waals surface area (Å²) in [5.41, 5.74) is 0.194. The zero-order valence-electron chi connectivity index (χ0n) is 10.4. The number of ether oxygens (including phenoxy) is 3. The zero-order valence-corrected chi connectivity index (χ0v) is 10.4. The molecule has 0 aliphatic carbocycles. The SMILES string of the molecule is COc1ccc(C(=O)COCC(F)(F)F)cc1OC. The third-order valence-electron chi connectivity index (χ3n) is 2.20. The molecule has 0 aromatic heterocycles. The second kappa shape index (κ2) is 6.42. The van der Waals surface area contributed by atoms with E-state index in [0.717, 1.165) is 0 Å². The summed E-state index contributed by atoms with van der Waals surface area (Å²) in [5.74, 6) is 0.185. The van der Waals surface area contributed by atoms with Gasteiger partial charge in [0.15, 0.2) is 17.3 Å². The molecule has 0 unspecified atom stereocenters. The Balaban J connectivity index is 2.67. The number of hydrogen-bond donors (Lipinski definition) is 0. The summed E-state index contributed by atoms with van der Waals surface area (Å²) >= 11 is 0. The Morgan fingerprint density at radius 1 is 1.16 bits per heavy atom. The molecule has 0 N–H and O–H groups in total. The van der Waals surface area contributed by atoms with E-state index in [-0.39, 0.29) is 5.56 Å². The van der Waals surface area contributed by atoms with Crippen molar-refractivity contribution in [2.24, 2.45) is 0 Å². The summed E-state index contributed by atoms with van der Waals surface area (Å²) in [6, 6.07) is 4.31. The second-order valence-corrected chi connectivity index (χ2v) is 3.60. The highest BCUT2D eigenvalue weighted by Crippen LogP contribution is 2.27. The molecular weight excluding hydrogens is 265 g/mol. The Labute approximate surface area is 108 Å². The Morgan fingerprint density at radius 2 is 1.79 bits per heavy atom. The highest BCUT2D eigenvalue weighted by atomic mass is 19.4. The predicted molar refractivity (Wildman–Crippen MR) is 60.8 cm³/mol. The van der Waals surface area contributed by atoms with Crippen LogP contribution < -0.4 is 9.47 Å². The van der Waals surface area contributed by atoms with Crippen LogP contribution in [0.25, 0.3) is 0 Å². The Hall–Kier alpha value is -1.76. The Morgan fingerprint density at radius 3 is 2.32 bits per heavy atom. The lowest BCUT2D eigenvalue weighted by molar-refractivity contribution is -0.170. The van der Waals surface area contributed by atoms with Crippen LogP contribution in [0, 0.1) is 0 Å². The van der Waals surface area contributed by atoms with Gasteiger partial charge in [0.1, 0.15) is 13.2 Å². The van der Waals surface area contributed by atoms with Gasteiger partial charge in [0.2, 0.25) is 0 Å². The van der Waals surface area contributed by atoms with Gasteiger partial charge in [-0.05, 0) is 18.2 Å². The lowest BCUT2D eigenvalue weighted by Gasteiger charge is -2.10. The van der Waals surface area contributed by atoms with Crippen LogP contribution in [0.5, 0.6) is 11.5 Å². The maximum atomic E-state index is 11.9. The molecule has 0 radical (unpaired) electrons. The van der Waals surface area contributed by atoms with Crippen LogP contribution in [0.2, 0.25) is 0 Å². The van der Waals surface area contributed by atoms with Gasteiger partial charge in [-0.2, -0.15) is 13.2 Å². The molecule has 0 saturated carbocycles. The maximum absolute atomic E-state index is 11.9. The average molecular weight is 278 g/mol. The largest absolute Gasteiger partial charge is 0.493 e. The van der Waals surface area contributed by atoms with Gasteiger partial charge in [-0.25, -0.2) is 0 Å². The number of ketones is 1. The molecule has 1 aromatic carbocycles. The molecule has 0 spiro atoms. The summed E-state index contributed by atoms with van der Waals surface area (Å²) in [4.78, 5) is 11.6. The quantitative estimate of drug-likeness (QED) is 0.750. The van der Waals surface area contributed by atoms with Gasteiger partial charge in [0, 0.05) is 5.56 Å². The summed E-state index contributed by atoms with van der Waals surface area (Å²) in [7, 11) is 2.83. The van der Waals surface area contributed by atoms with Crippen molar-refractivity contribution in [3.63, 3.8) is 0 Å². The van der Waals surface area contributed by atoms with Crippen LogP contribution in [0.4, 0.5) is 13.2 Å². The highest BCUT2D eigenvalue weighted by molar-refractivity contribution is 5.97. The van der Waals surface area contributed by atoms with Gasteiger partial charge in [-0.1, -0.05) is 0 Å². The second-order valence-electron chi connectivity index (χ2n) is 3.60. The van der Waals surface area contributed by atoms with E-state index in [1.165, 1.54) is 32.4 Å². The Bertz CT molecular complexity index is 443. The van der Waals surface area contributed by atoms with E-state index in [1.54, 1.807) is 0 Å². The smallest absolute Gasteiger partial charge is 0.411 e. The number of carbonyl (C=O) groups is 1. The first-order valence-corrected chi connectivity index (χ1v) is 5.27. The molecule has 0 atom stereocenters. The molecule has 0 aliphatic heterocycles. The minimum Gasteiger partial charge on any atom is -0.493 e. The lowest BCUT2D eigenvalue weighted by Crippen LogP contribution is -2.20. The van der Waals surface area contributed by atoms with Crippen molar-refractivity contribution < 1.29 is 32.2 Å². The molecule has 0 aliphatic rings. The molecule has 1 aromatic rings. The summed E-state index contributed by atoms with van der Waals surface area (Å²) in [6.45, 7) is -2.10. The van der Waals surface area contributed by atoms with Crippen LogP contribution in [-0.4, -0.2) is 39.4 Å². The molecule has 19 heavy (non-hydrogen) atoms. The van der Waals surface area contributed by atoms with Crippen LogP contribution in [0.3, 0.4) is 0 Å². The normalized spacial score (nSPS) is 11.2. The van der Waals surface area contributed by atoms with Crippen molar-refractivity contribution in [2.45, 2.75) is 6.18 Å². The van der Waals surface area contributed by atoms with E-state index in [4.69, 9.17) is 9.47 Å². The van der Waals surface area contributed by atoms with E-state index in [1.807, 2.05) is 0 Å². The fourth-order valence-corrected chi connectivity index (χ4v) is 1.35. The van der Waals surface area contributed by atoms with Crippen LogP contribution >= 0.6 is 0 Å². The van der Waals surface area contributed by atoms with E-state index in [9.17, 15) is 18.0 Å². The average Bonchev–Trinajstić information content (AvgIpc) is 2.36. The molecule has 0 fully saturated rings. The number of Topliss-reactive ketones (excluding diaryl/α,β-unsaturated/α-hetero) is 1. The minimum absolute atomic E-state index is 0.194. The first kappa shape index (κ1) is 15.3. The number of benzene rings is 1. The van der Waals surface area contributed by atoms with Gasteiger partial charge >= 0.3 is 6.18 Å². The molecule has 7 heteroatoms. The van der Waals surface area contributed by atoms with Gasteiger partial charge in [0.05, 0.1) is 14.2 Å². The first-order valence-electron chi connectivity index (χ1n) is 5.27. The molecule has 1 rings (SSSR count). The number of alkyl halides is 3. The maximum Gasteiger partial charge on any atom is 0.411 e. The minimum atomic E-state index is -4.45. The lowest BCUT2D eigenvalue weighted by atomic mass is 10.1. The van der Waals surface area contributed by atoms with Crippen LogP contribution in [-0.2, 0) is 4.74 Å². The third kappa shape index (κ3) is 4.78. The molecule has 0 bridgehead atoms. The highest BCUT2D eigenvalue weighted by Gasteiger charge is 2.27. The van der Waals surface area contributed by atoms with Crippen molar-refractivity contribution >= 4 is 5.78 Å². The number of rotatable bonds is 6. The van der Waals surface area contributed by atoms with E-state index >= 15 is 0 Å². The third-order valence-corrected chi connectivity index (χ3v) is 2.20. The summed E-state index contributed by atoms with van der Waals surface area (Å²) < 4.78 is 49.8. The Kier molecular flexibility index (Phi) is 5.17. The van der Waals surface area contributed by atoms with Crippen LogP contribution in [0.15, 0.2) is 18.2 Å². The number of methoxy groups -OCH3 is 2. The van der Waals surface area contributed by atoms with Crippen LogP contribution in [0.1, 0.15) is 10.4 Å². The fraction of sp³-hybridized carbons (Fsp3) is 0.417. The predicted octanol–water partition coefficient (Wildman–Crippen LogP) is 2.47. The van der Waals surface area contributed by atoms with Gasteiger partial charge in [0.25, 0.3) is 0 Å². The fourth-order valence-electron chi connectivity index (χ4n) is 1.35. The van der Waals surface area contributed by atoms with Gasteiger partial charge < -0.3 is 14.2 Å². The van der Waals surface area contributed by atoms with Crippen molar-refractivity contribution in [2.75, 3.05) is 27.4 Å². The van der Waals surface area contributed by atoms with E-state index in [2.05, 4.69) is 4.74 Å². The molecular formula is C12H13F3O4. The number of hydrogen-bond acceptors (Lipinski definition) is 4. The number of carbonyl (C=O) groups excluding carboxylic acids is 1. The zero-order chi connectivity index (χ0) is 14.5. The topological polar surface area (TPSA) is 44.8 Å². The van der Waals surface area contributed by atoms with E-state index < -0.39 is 25.2 Å². The summed E-state index contributed by atoms with van der Waals surface area (Å²) in [6.07, 6.45) is -4.45.